The molecule has 0 aliphatic heterocycles. The van der Waals surface area contributed by atoms with Gasteiger partial charge in [0, 0.05) is 19.3 Å². The van der Waals surface area contributed by atoms with Gasteiger partial charge in [0.25, 0.3) is 0 Å². The van der Waals surface area contributed by atoms with Crippen molar-refractivity contribution in [3.63, 3.8) is 0 Å². The monoisotopic (exact) mass is 1030 g/mol. The Morgan fingerprint density at radius 3 is 1.19 bits per heavy atom. The van der Waals surface area contributed by atoms with E-state index in [1.165, 1.54) is 57.8 Å². The number of carbonyl (C=O) groups excluding carboxylic acids is 3. The molecule has 0 fully saturated rings. The fourth-order valence-electron chi connectivity index (χ4n) is 7.04. The van der Waals surface area contributed by atoms with Gasteiger partial charge in [0.1, 0.15) is 12.7 Å². The number of rotatable bonds is 50. The van der Waals surface area contributed by atoms with Crippen molar-refractivity contribution in [1.29, 1.82) is 0 Å². The van der Waals surface area contributed by atoms with Crippen molar-refractivity contribution in [2.24, 2.45) is 0 Å². The van der Waals surface area contributed by atoms with Gasteiger partial charge in [-0.15, -0.1) is 0 Å². The maximum Gasteiger partial charge on any atom is 0.472 e. The zero-order valence-electron chi connectivity index (χ0n) is 45.1. The van der Waals surface area contributed by atoms with Crippen LogP contribution in [0.4, 0.5) is 0 Å². The molecule has 0 radical (unpaired) electrons. The highest BCUT2D eigenvalue weighted by Crippen LogP contribution is 2.43. The molecule has 0 aromatic rings. The lowest BCUT2D eigenvalue weighted by atomic mass is 10.0. The second-order valence-electron chi connectivity index (χ2n) is 18.0. The quantitative estimate of drug-likeness (QED) is 0.0197. The summed E-state index contributed by atoms with van der Waals surface area (Å²) in [5.74, 6) is -1.61. The number of esters is 3. The third-order valence-electron chi connectivity index (χ3n) is 11.2. The van der Waals surface area contributed by atoms with E-state index in [0.29, 0.717) is 19.3 Å². The maximum absolute atomic E-state index is 12.9. The Morgan fingerprint density at radius 1 is 0.403 bits per heavy atom. The lowest BCUT2D eigenvalue weighted by Gasteiger charge is -2.21. The highest BCUT2D eigenvalue weighted by atomic mass is 31.2. The predicted octanol–water partition coefficient (Wildman–Crippen LogP) is 16.2. The van der Waals surface area contributed by atoms with Gasteiger partial charge in [0.05, 0.1) is 19.8 Å². The molecule has 2 N–H and O–H groups in total. The van der Waals surface area contributed by atoms with Crippen molar-refractivity contribution in [2.75, 3.05) is 26.4 Å². The van der Waals surface area contributed by atoms with Crippen LogP contribution in [-0.2, 0) is 42.2 Å². The van der Waals surface area contributed by atoms with Gasteiger partial charge >= 0.3 is 25.7 Å². The van der Waals surface area contributed by atoms with E-state index >= 15 is 0 Å². The molecule has 0 rings (SSSR count). The van der Waals surface area contributed by atoms with Crippen molar-refractivity contribution in [3.8, 4) is 0 Å². The first-order valence-electron chi connectivity index (χ1n) is 27.8. The van der Waals surface area contributed by atoms with Crippen LogP contribution in [0.2, 0.25) is 0 Å². The number of phosphoric acid groups is 1. The summed E-state index contributed by atoms with van der Waals surface area (Å²) >= 11 is 0. The Hall–Kier alpha value is -3.86. The van der Waals surface area contributed by atoms with Crippen LogP contribution in [0, 0.1) is 0 Å². The van der Waals surface area contributed by atoms with Gasteiger partial charge in [-0.1, -0.05) is 214 Å². The molecular formula is C60H99O11P. The second kappa shape index (κ2) is 53.4. The summed E-state index contributed by atoms with van der Waals surface area (Å²) in [6.07, 6.45) is 63.6. The Bertz CT molecular complexity index is 1620. The van der Waals surface area contributed by atoms with Crippen LogP contribution in [0.15, 0.2) is 109 Å². The van der Waals surface area contributed by atoms with Gasteiger partial charge in [0.15, 0.2) is 6.10 Å². The number of allylic oxidation sites excluding steroid dienone is 18. The number of phosphoric ester groups is 1. The van der Waals surface area contributed by atoms with E-state index in [0.717, 1.165) is 96.3 Å². The lowest BCUT2D eigenvalue weighted by Crippen LogP contribution is -2.30. The summed E-state index contributed by atoms with van der Waals surface area (Å²) in [6.45, 7) is 4.28. The topological polar surface area (TPSA) is 155 Å². The van der Waals surface area contributed by atoms with Gasteiger partial charge in [-0.25, -0.2) is 4.57 Å². The van der Waals surface area contributed by atoms with Crippen LogP contribution in [-0.4, -0.2) is 66.5 Å². The number of hydrogen-bond acceptors (Lipinski definition) is 10. The molecule has 0 aromatic heterocycles. The van der Waals surface area contributed by atoms with Crippen LogP contribution >= 0.6 is 7.82 Å². The van der Waals surface area contributed by atoms with Gasteiger partial charge in [0.2, 0.25) is 0 Å². The normalized spacial score (nSPS) is 14.2. The predicted molar refractivity (Wildman–Crippen MR) is 297 cm³/mol. The highest BCUT2D eigenvalue weighted by Gasteiger charge is 2.28. The largest absolute Gasteiger partial charge is 0.472 e. The molecule has 0 amide bonds. The zero-order chi connectivity index (χ0) is 52.7. The van der Waals surface area contributed by atoms with Gasteiger partial charge in [-0.3, -0.25) is 23.4 Å². The fraction of sp³-hybridized carbons (Fsp3) is 0.650. The minimum Gasteiger partial charge on any atom is -0.462 e. The number of carbonyl (C=O) groups is 3. The van der Waals surface area contributed by atoms with E-state index in [9.17, 15) is 28.9 Å². The van der Waals surface area contributed by atoms with E-state index in [4.69, 9.17) is 23.3 Å². The first-order chi connectivity index (χ1) is 35.2. The molecule has 0 spiro atoms. The molecule has 0 aliphatic rings. The SMILES string of the molecule is CC/C=C\C/C=C\C/C=C\C/C=C\C/C=C\CCCCCC(=O)OCC(COP(=O)(O)OCC(CO)OC(=O)CCCCCCCCCCCCCCC)OC(=O)CC/C=C\C/C=C\C/C=C\C/C=C\CC. The molecule has 0 saturated heterocycles. The Balaban J connectivity index is 4.84. The van der Waals surface area contributed by atoms with E-state index in [1.807, 2.05) is 12.2 Å². The van der Waals surface area contributed by atoms with E-state index < -0.39 is 57.8 Å². The van der Waals surface area contributed by atoms with Crippen molar-refractivity contribution in [2.45, 2.75) is 226 Å². The van der Waals surface area contributed by atoms with E-state index in [2.05, 4.69) is 118 Å². The molecule has 11 nitrogen and oxygen atoms in total. The molecule has 0 saturated carbocycles. The average molecular weight is 1030 g/mol. The minimum atomic E-state index is -4.77. The number of hydrogen-bond donors (Lipinski definition) is 2. The van der Waals surface area contributed by atoms with Crippen LogP contribution in [0.5, 0.6) is 0 Å². The molecule has 3 atom stereocenters. The van der Waals surface area contributed by atoms with Gasteiger partial charge in [-0.05, 0) is 89.9 Å². The Morgan fingerprint density at radius 2 is 0.750 bits per heavy atom. The van der Waals surface area contributed by atoms with Gasteiger partial charge < -0.3 is 24.2 Å². The smallest absolute Gasteiger partial charge is 0.462 e. The van der Waals surface area contributed by atoms with Crippen molar-refractivity contribution in [3.05, 3.63) is 109 Å². The number of aliphatic hydroxyl groups excluding tert-OH is 1. The molecule has 410 valence electrons. The molecule has 0 aromatic carbocycles. The summed E-state index contributed by atoms with van der Waals surface area (Å²) in [5, 5.41) is 9.79. The standard InChI is InChI=1S/C60H99O11P/c1-4-7-10-13-16-19-22-25-26-27-28-29-30-33-34-37-40-43-46-49-58(62)67-53-57(71-60(64)51-48-45-42-39-36-32-24-21-18-15-12-9-6-3)55-69-72(65,66)68-54-56(52-61)70-59(63)50-47-44-41-38-35-31-23-20-17-14-11-8-5-2/h7,9-10,12,16,18-19,21,25-26,28-29,32-34,36,42,45,56-57,61H,4-6,8,11,13-15,17,20,22-24,27,30-31,35,37-41,43-44,46-55H2,1-3H3,(H,65,66)/b10-7-,12-9-,19-16-,21-18-,26-25-,29-28-,34-33-,36-32-,45-42-. The van der Waals surface area contributed by atoms with Crippen molar-refractivity contribution in [1.82, 2.24) is 0 Å². The summed E-state index contributed by atoms with van der Waals surface area (Å²) < 4.78 is 39.3. The highest BCUT2D eigenvalue weighted by molar-refractivity contribution is 7.47. The van der Waals surface area contributed by atoms with Crippen LogP contribution in [0.25, 0.3) is 0 Å². The zero-order valence-corrected chi connectivity index (χ0v) is 46.0. The molecule has 0 bridgehead atoms. The van der Waals surface area contributed by atoms with Crippen LogP contribution in [0.1, 0.15) is 213 Å². The molecule has 12 heteroatoms. The van der Waals surface area contributed by atoms with E-state index in [1.54, 1.807) is 0 Å². The average Bonchev–Trinajstić information content (AvgIpc) is 3.37. The lowest BCUT2D eigenvalue weighted by molar-refractivity contribution is -0.161. The molecule has 72 heavy (non-hydrogen) atoms. The second-order valence-corrected chi connectivity index (χ2v) is 19.4. The third kappa shape index (κ3) is 51.1. The summed E-state index contributed by atoms with van der Waals surface area (Å²) in [4.78, 5) is 48.4. The maximum atomic E-state index is 12.9. The molecular weight excluding hydrogens is 928 g/mol. The van der Waals surface area contributed by atoms with Crippen LogP contribution in [0.3, 0.4) is 0 Å². The first kappa shape index (κ1) is 68.1. The molecule has 0 aliphatic carbocycles. The minimum absolute atomic E-state index is 0.0344. The third-order valence-corrected chi connectivity index (χ3v) is 12.2. The number of unbranched alkanes of at least 4 members (excludes halogenated alkanes) is 15. The Labute approximate surface area is 437 Å². The fourth-order valence-corrected chi connectivity index (χ4v) is 7.83. The molecule has 3 unspecified atom stereocenters. The van der Waals surface area contributed by atoms with Gasteiger partial charge in [-0.2, -0.15) is 0 Å². The van der Waals surface area contributed by atoms with Crippen molar-refractivity contribution >= 4 is 25.7 Å². The molecule has 0 heterocycles. The van der Waals surface area contributed by atoms with Crippen LogP contribution < -0.4 is 0 Å². The summed E-state index contributed by atoms with van der Waals surface area (Å²) in [7, 11) is -4.77. The number of aliphatic hydroxyl groups is 1. The first-order valence-corrected chi connectivity index (χ1v) is 29.3. The van der Waals surface area contributed by atoms with E-state index in [-0.39, 0.29) is 25.9 Å². The summed E-state index contributed by atoms with van der Waals surface area (Å²) in [5.41, 5.74) is 0. The number of ether oxygens (including phenoxy) is 3. The summed E-state index contributed by atoms with van der Waals surface area (Å²) in [6, 6.07) is 0. The Kier molecular flexibility index (Phi) is 50.6. The van der Waals surface area contributed by atoms with Crippen molar-refractivity contribution < 1.29 is 52.2 Å².